The minimum absolute atomic E-state index is 0.118. The fourth-order valence-electron chi connectivity index (χ4n) is 2.09. The van der Waals surface area contributed by atoms with Gasteiger partial charge >= 0.3 is 5.97 Å². The van der Waals surface area contributed by atoms with Crippen molar-refractivity contribution in [2.45, 2.75) is 12.8 Å². The van der Waals surface area contributed by atoms with Gasteiger partial charge in [0, 0.05) is 24.2 Å². The molecule has 1 aromatic carbocycles. The van der Waals surface area contributed by atoms with E-state index in [0.717, 1.165) is 18.5 Å². The van der Waals surface area contributed by atoms with Gasteiger partial charge in [0.25, 0.3) is 0 Å². The Kier molecular flexibility index (Phi) is 9.12. The van der Waals surface area contributed by atoms with E-state index in [0.29, 0.717) is 18.1 Å². The Morgan fingerprint density at radius 2 is 1.79 bits per heavy atom. The molecule has 0 saturated heterocycles. The van der Waals surface area contributed by atoms with Crippen LogP contribution in [0.1, 0.15) is 18.4 Å². The summed E-state index contributed by atoms with van der Waals surface area (Å²) in [4.78, 5) is 27.5. The molecule has 0 aliphatic rings. The van der Waals surface area contributed by atoms with Crippen LogP contribution in [0.5, 0.6) is 0 Å². The van der Waals surface area contributed by atoms with Crippen LogP contribution in [0.3, 0.4) is 0 Å². The number of ether oxygens (including phenoxy) is 1. The topological polar surface area (TPSA) is 49.9 Å². The number of benzene rings is 1. The van der Waals surface area contributed by atoms with Crippen LogP contribution in [-0.4, -0.2) is 62.5 Å². The standard InChI is InChI=1S/C18H25ClN2O3/c1-20(2)12-4-13-21(14-11-18(23)24-3)17(22)10-7-15-5-8-16(19)9-6-15/h5-10H,4,11-14H2,1-3H3/b10-7+. The van der Waals surface area contributed by atoms with Crippen LogP contribution in [0, 0.1) is 0 Å². The van der Waals surface area contributed by atoms with Crippen LogP contribution in [0.4, 0.5) is 0 Å². The third-order valence-electron chi connectivity index (χ3n) is 3.45. The van der Waals surface area contributed by atoms with E-state index in [1.54, 1.807) is 23.1 Å². The summed E-state index contributed by atoms with van der Waals surface area (Å²) in [5, 5.41) is 0.655. The second kappa shape index (κ2) is 10.8. The second-order valence-corrected chi connectivity index (χ2v) is 6.13. The van der Waals surface area contributed by atoms with E-state index < -0.39 is 0 Å². The van der Waals surface area contributed by atoms with Crippen LogP contribution in [-0.2, 0) is 14.3 Å². The Bertz CT molecular complexity index is 556. The second-order valence-electron chi connectivity index (χ2n) is 5.69. The first-order chi connectivity index (χ1) is 11.4. The number of halogens is 1. The maximum atomic E-state index is 12.4. The van der Waals surface area contributed by atoms with Crippen molar-refractivity contribution in [2.24, 2.45) is 0 Å². The maximum absolute atomic E-state index is 12.4. The van der Waals surface area contributed by atoms with Gasteiger partial charge < -0.3 is 14.5 Å². The van der Waals surface area contributed by atoms with Gasteiger partial charge in [-0.05, 0) is 50.8 Å². The molecule has 1 amide bonds. The van der Waals surface area contributed by atoms with Crippen molar-refractivity contribution < 1.29 is 14.3 Å². The first-order valence-electron chi connectivity index (χ1n) is 7.86. The summed E-state index contributed by atoms with van der Waals surface area (Å²) >= 11 is 5.85. The molecule has 0 aliphatic carbocycles. The van der Waals surface area contributed by atoms with Gasteiger partial charge in [0.15, 0.2) is 0 Å². The van der Waals surface area contributed by atoms with E-state index in [9.17, 15) is 9.59 Å². The van der Waals surface area contributed by atoms with Crippen LogP contribution in [0.2, 0.25) is 5.02 Å². The molecule has 0 spiro atoms. The predicted molar refractivity (Wildman–Crippen MR) is 96.9 cm³/mol. The van der Waals surface area contributed by atoms with Crippen molar-refractivity contribution >= 4 is 29.6 Å². The van der Waals surface area contributed by atoms with E-state index >= 15 is 0 Å². The molecular formula is C18H25ClN2O3. The monoisotopic (exact) mass is 352 g/mol. The molecule has 0 saturated carbocycles. The van der Waals surface area contributed by atoms with Gasteiger partial charge in [-0.25, -0.2) is 0 Å². The number of carbonyl (C=O) groups is 2. The highest BCUT2D eigenvalue weighted by Crippen LogP contribution is 2.11. The molecule has 0 aliphatic heterocycles. The molecule has 0 heterocycles. The van der Waals surface area contributed by atoms with Gasteiger partial charge in [-0.1, -0.05) is 23.7 Å². The molecule has 0 N–H and O–H groups in total. The van der Waals surface area contributed by atoms with E-state index in [1.165, 1.54) is 13.2 Å². The molecule has 0 bridgehead atoms. The summed E-state index contributed by atoms with van der Waals surface area (Å²) < 4.78 is 4.65. The fraction of sp³-hybridized carbons (Fsp3) is 0.444. The highest BCUT2D eigenvalue weighted by Gasteiger charge is 2.13. The van der Waals surface area contributed by atoms with Crippen LogP contribution < -0.4 is 0 Å². The van der Waals surface area contributed by atoms with Gasteiger partial charge in [-0.2, -0.15) is 0 Å². The van der Waals surface area contributed by atoms with E-state index in [-0.39, 0.29) is 18.3 Å². The SMILES string of the molecule is COC(=O)CCN(CCCN(C)C)C(=O)/C=C/c1ccc(Cl)cc1. The minimum Gasteiger partial charge on any atom is -0.469 e. The van der Waals surface area contributed by atoms with E-state index in [1.807, 2.05) is 26.2 Å². The quantitative estimate of drug-likeness (QED) is 0.506. The molecule has 1 rings (SSSR count). The Morgan fingerprint density at radius 1 is 1.12 bits per heavy atom. The highest BCUT2D eigenvalue weighted by molar-refractivity contribution is 6.30. The number of carbonyl (C=O) groups excluding carboxylic acids is 2. The van der Waals surface area contributed by atoms with Gasteiger partial charge in [-0.3, -0.25) is 9.59 Å². The zero-order valence-corrected chi connectivity index (χ0v) is 15.3. The van der Waals surface area contributed by atoms with Crippen LogP contribution >= 0.6 is 11.6 Å². The molecule has 132 valence electrons. The molecule has 5 nitrogen and oxygen atoms in total. The van der Waals surface area contributed by atoms with Crippen molar-refractivity contribution in [3.05, 3.63) is 40.9 Å². The molecular weight excluding hydrogens is 328 g/mol. The summed E-state index contributed by atoms with van der Waals surface area (Å²) in [7, 11) is 5.32. The summed E-state index contributed by atoms with van der Waals surface area (Å²) in [6, 6.07) is 7.24. The number of nitrogens with zero attached hydrogens (tertiary/aromatic N) is 2. The number of amides is 1. The summed E-state index contributed by atoms with van der Waals surface area (Å²) in [5.41, 5.74) is 0.897. The van der Waals surface area contributed by atoms with Crippen LogP contribution in [0.25, 0.3) is 6.08 Å². The Labute approximate surface area is 148 Å². The minimum atomic E-state index is -0.318. The summed E-state index contributed by atoms with van der Waals surface area (Å²) in [6.45, 7) is 1.83. The van der Waals surface area contributed by atoms with E-state index in [4.69, 9.17) is 11.6 Å². The molecule has 0 radical (unpaired) electrons. The average molecular weight is 353 g/mol. The predicted octanol–water partition coefficient (Wildman–Crippen LogP) is 2.70. The molecule has 0 atom stereocenters. The highest BCUT2D eigenvalue weighted by atomic mass is 35.5. The Balaban J connectivity index is 2.66. The molecule has 24 heavy (non-hydrogen) atoms. The third-order valence-corrected chi connectivity index (χ3v) is 3.70. The zero-order valence-electron chi connectivity index (χ0n) is 14.5. The lowest BCUT2D eigenvalue weighted by molar-refractivity contribution is -0.141. The first kappa shape index (κ1) is 20.2. The third kappa shape index (κ3) is 8.13. The lowest BCUT2D eigenvalue weighted by Gasteiger charge is -2.21. The summed E-state index contributed by atoms with van der Waals surface area (Å²) in [5.74, 6) is -0.435. The van der Waals surface area contributed by atoms with E-state index in [2.05, 4.69) is 9.64 Å². The normalized spacial score (nSPS) is 11.0. The van der Waals surface area contributed by atoms with Gasteiger partial charge in [0.2, 0.25) is 5.91 Å². The van der Waals surface area contributed by atoms with Crippen molar-refractivity contribution in [1.29, 1.82) is 0 Å². The average Bonchev–Trinajstić information content (AvgIpc) is 2.56. The lowest BCUT2D eigenvalue weighted by Crippen LogP contribution is -2.34. The number of hydrogen-bond donors (Lipinski definition) is 0. The van der Waals surface area contributed by atoms with Gasteiger partial charge in [0.05, 0.1) is 13.5 Å². The molecule has 0 fully saturated rings. The van der Waals surface area contributed by atoms with Crippen molar-refractivity contribution in [3.8, 4) is 0 Å². The lowest BCUT2D eigenvalue weighted by atomic mass is 10.2. The zero-order chi connectivity index (χ0) is 17.9. The smallest absolute Gasteiger partial charge is 0.307 e. The van der Waals surface area contributed by atoms with Crippen molar-refractivity contribution in [1.82, 2.24) is 9.80 Å². The first-order valence-corrected chi connectivity index (χ1v) is 8.24. The van der Waals surface area contributed by atoms with Gasteiger partial charge in [0.1, 0.15) is 0 Å². The largest absolute Gasteiger partial charge is 0.469 e. The number of hydrogen-bond acceptors (Lipinski definition) is 4. The maximum Gasteiger partial charge on any atom is 0.307 e. The summed E-state index contributed by atoms with van der Waals surface area (Å²) in [6.07, 6.45) is 4.31. The fourth-order valence-corrected chi connectivity index (χ4v) is 2.21. The molecule has 1 aromatic rings. The number of rotatable bonds is 9. The molecule has 0 aromatic heterocycles. The Morgan fingerprint density at radius 3 is 2.38 bits per heavy atom. The molecule has 6 heteroatoms. The van der Waals surface area contributed by atoms with Crippen LogP contribution in [0.15, 0.2) is 30.3 Å². The van der Waals surface area contributed by atoms with Crippen molar-refractivity contribution in [2.75, 3.05) is 40.8 Å². The van der Waals surface area contributed by atoms with Crippen molar-refractivity contribution in [3.63, 3.8) is 0 Å². The number of methoxy groups -OCH3 is 1. The van der Waals surface area contributed by atoms with Gasteiger partial charge in [-0.15, -0.1) is 0 Å². The molecule has 0 unspecified atom stereocenters. The Hall–Kier alpha value is -1.85. The number of esters is 1.